The predicted molar refractivity (Wildman–Crippen MR) is 80.1 cm³/mol. The summed E-state index contributed by atoms with van der Waals surface area (Å²) in [5, 5.41) is 6.39. The second-order valence-electron chi connectivity index (χ2n) is 3.99. The molecule has 0 spiro atoms. The van der Waals surface area contributed by atoms with Gasteiger partial charge in [0, 0.05) is 25.8 Å². The number of rotatable bonds is 8. The van der Waals surface area contributed by atoms with Crippen molar-refractivity contribution in [2.75, 3.05) is 33.4 Å². The number of methoxy groups -OCH3 is 1. The Morgan fingerprint density at radius 3 is 2.85 bits per heavy atom. The molecule has 1 heterocycles. The maximum Gasteiger partial charge on any atom is 0.213 e. The molecule has 0 atom stereocenters. The summed E-state index contributed by atoms with van der Waals surface area (Å²) in [5.41, 5.74) is 0.867. The number of aliphatic imine (C=N–C) groups is 1. The summed E-state index contributed by atoms with van der Waals surface area (Å²) in [6.45, 7) is 7.44. The number of nitrogens with one attached hydrogen (secondary N) is 2. The molecule has 6 heteroatoms. The predicted octanol–water partition coefficient (Wildman–Crippen LogP) is 1.18. The van der Waals surface area contributed by atoms with Crippen LogP contribution in [-0.4, -0.2) is 44.4 Å². The first-order valence-electron chi connectivity index (χ1n) is 6.90. The highest BCUT2D eigenvalue weighted by molar-refractivity contribution is 5.79. The lowest BCUT2D eigenvalue weighted by Crippen LogP contribution is -2.39. The molecule has 0 aliphatic carbocycles. The molecule has 6 nitrogen and oxygen atoms in total. The van der Waals surface area contributed by atoms with Crippen molar-refractivity contribution in [3.63, 3.8) is 0 Å². The number of guanidine groups is 1. The topological polar surface area (TPSA) is 67.8 Å². The van der Waals surface area contributed by atoms with Gasteiger partial charge in [0.25, 0.3) is 0 Å². The van der Waals surface area contributed by atoms with E-state index in [4.69, 9.17) is 9.47 Å². The fraction of sp³-hybridized carbons (Fsp3) is 0.571. The standard InChI is InChI=1S/C14H24N4O2/c1-4-15-14(16-9-10-20-5-2)17-11-12-7-6-8-13(18-12)19-3/h6-8H,4-5,9-11H2,1-3H3,(H2,15,16,17). The van der Waals surface area contributed by atoms with Crippen LogP contribution in [0.15, 0.2) is 23.2 Å². The van der Waals surface area contributed by atoms with Gasteiger partial charge in [-0.05, 0) is 19.9 Å². The quantitative estimate of drug-likeness (QED) is 0.425. The zero-order valence-corrected chi connectivity index (χ0v) is 12.5. The van der Waals surface area contributed by atoms with E-state index in [1.54, 1.807) is 7.11 Å². The van der Waals surface area contributed by atoms with Gasteiger partial charge in [0.05, 0.1) is 26.0 Å². The highest BCUT2D eigenvalue weighted by Crippen LogP contribution is 2.07. The number of aromatic nitrogens is 1. The molecule has 0 amide bonds. The molecular formula is C14H24N4O2. The minimum atomic E-state index is 0.501. The van der Waals surface area contributed by atoms with Crippen LogP contribution in [-0.2, 0) is 11.3 Å². The smallest absolute Gasteiger partial charge is 0.213 e. The molecule has 0 fully saturated rings. The van der Waals surface area contributed by atoms with Crippen molar-refractivity contribution in [3.8, 4) is 5.88 Å². The molecule has 0 aromatic carbocycles. The molecule has 0 saturated carbocycles. The lowest BCUT2D eigenvalue weighted by atomic mass is 10.3. The Kier molecular flexibility index (Phi) is 8.14. The third-order valence-corrected chi connectivity index (χ3v) is 2.48. The van der Waals surface area contributed by atoms with Crippen molar-refractivity contribution < 1.29 is 9.47 Å². The van der Waals surface area contributed by atoms with Crippen LogP contribution in [0.4, 0.5) is 0 Å². The summed E-state index contributed by atoms with van der Waals surface area (Å²) in [6.07, 6.45) is 0. The van der Waals surface area contributed by atoms with Gasteiger partial charge in [-0.3, -0.25) is 0 Å². The van der Waals surface area contributed by atoms with E-state index in [0.717, 1.165) is 31.3 Å². The number of ether oxygens (including phenoxy) is 2. The summed E-state index contributed by atoms with van der Waals surface area (Å²) in [6, 6.07) is 5.65. The van der Waals surface area contributed by atoms with E-state index < -0.39 is 0 Å². The van der Waals surface area contributed by atoms with Crippen LogP contribution >= 0.6 is 0 Å². The van der Waals surface area contributed by atoms with Crippen molar-refractivity contribution in [2.24, 2.45) is 4.99 Å². The molecule has 1 aromatic rings. The number of nitrogens with zero attached hydrogens (tertiary/aromatic N) is 2. The summed E-state index contributed by atoms with van der Waals surface area (Å²) in [5.74, 6) is 1.36. The molecule has 0 radical (unpaired) electrons. The third-order valence-electron chi connectivity index (χ3n) is 2.48. The van der Waals surface area contributed by atoms with Crippen molar-refractivity contribution in [1.29, 1.82) is 0 Å². The van der Waals surface area contributed by atoms with E-state index in [-0.39, 0.29) is 0 Å². The largest absolute Gasteiger partial charge is 0.481 e. The fourth-order valence-corrected chi connectivity index (χ4v) is 1.55. The normalized spacial score (nSPS) is 11.2. The minimum absolute atomic E-state index is 0.501. The molecule has 20 heavy (non-hydrogen) atoms. The van der Waals surface area contributed by atoms with Crippen LogP contribution in [0, 0.1) is 0 Å². The van der Waals surface area contributed by atoms with Gasteiger partial charge in [-0.15, -0.1) is 0 Å². The van der Waals surface area contributed by atoms with Gasteiger partial charge < -0.3 is 20.1 Å². The Morgan fingerprint density at radius 2 is 2.15 bits per heavy atom. The van der Waals surface area contributed by atoms with E-state index >= 15 is 0 Å². The summed E-state index contributed by atoms with van der Waals surface area (Å²) >= 11 is 0. The summed E-state index contributed by atoms with van der Waals surface area (Å²) in [7, 11) is 1.61. The van der Waals surface area contributed by atoms with Gasteiger partial charge in [-0.25, -0.2) is 9.98 Å². The second kappa shape index (κ2) is 10.0. The maximum absolute atomic E-state index is 5.28. The number of pyridine rings is 1. The number of hydrogen-bond acceptors (Lipinski definition) is 4. The zero-order chi connectivity index (χ0) is 14.6. The first kappa shape index (κ1) is 16.2. The van der Waals surface area contributed by atoms with E-state index in [9.17, 15) is 0 Å². The zero-order valence-electron chi connectivity index (χ0n) is 12.5. The molecule has 0 unspecified atom stereocenters. The van der Waals surface area contributed by atoms with Crippen molar-refractivity contribution >= 4 is 5.96 Å². The van der Waals surface area contributed by atoms with E-state index in [1.165, 1.54) is 0 Å². The third kappa shape index (κ3) is 6.38. The Morgan fingerprint density at radius 1 is 1.30 bits per heavy atom. The number of hydrogen-bond donors (Lipinski definition) is 2. The van der Waals surface area contributed by atoms with Crippen molar-refractivity contribution in [2.45, 2.75) is 20.4 Å². The Labute approximate surface area is 120 Å². The lowest BCUT2D eigenvalue weighted by molar-refractivity contribution is 0.152. The molecular weight excluding hydrogens is 256 g/mol. The minimum Gasteiger partial charge on any atom is -0.481 e. The van der Waals surface area contributed by atoms with E-state index in [0.29, 0.717) is 19.0 Å². The second-order valence-corrected chi connectivity index (χ2v) is 3.99. The monoisotopic (exact) mass is 280 g/mol. The van der Waals surface area contributed by atoms with Crippen LogP contribution in [0.1, 0.15) is 19.5 Å². The lowest BCUT2D eigenvalue weighted by Gasteiger charge is -2.11. The molecule has 0 aliphatic rings. The molecule has 112 valence electrons. The first-order valence-corrected chi connectivity index (χ1v) is 6.90. The van der Waals surface area contributed by atoms with Crippen LogP contribution in [0.3, 0.4) is 0 Å². The van der Waals surface area contributed by atoms with Crippen LogP contribution in [0.25, 0.3) is 0 Å². The molecule has 0 bridgehead atoms. The highest BCUT2D eigenvalue weighted by atomic mass is 16.5. The van der Waals surface area contributed by atoms with Crippen LogP contribution in [0.2, 0.25) is 0 Å². The van der Waals surface area contributed by atoms with E-state index in [2.05, 4.69) is 20.6 Å². The summed E-state index contributed by atoms with van der Waals surface area (Å²) in [4.78, 5) is 8.80. The first-order chi connectivity index (χ1) is 9.80. The van der Waals surface area contributed by atoms with Gasteiger partial charge in [-0.2, -0.15) is 0 Å². The van der Waals surface area contributed by atoms with Gasteiger partial charge in [-0.1, -0.05) is 6.07 Å². The average molecular weight is 280 g/mol. The highest BCUT2D eigenvalue weighted by Gasteiger charge is 1.99. The Balaban J connectivity index is 2.52. The van der Waals surface area contributed by atoms with Gasteiger partial charge in [0.15, 0.2) is 5.96 Å². The van der Waals surface area contributed by atoms with Crippen LogP contribution < -0.4 is 15.4 Å². The average Bonchev–Trinajstić information content (AvgIpc) is 2.49. The molecule has 0 saturated heterocycles. The maximum atomic E-state index is 5.28. The fourth-order valence-electron chi connectivity index (χ4n) is 1.55. The van der Waals surface area contributed by atoms with Crippen LogP contribution in [0.5, 0.6) is 5.88 Å². The molecule has 1 rings (SSSR count). The Hall–Kier alpha value is -1.82. The summed E-state index contributed by atoms with van der Waals surface area (Å²) < 4.78 is 10.4. The van der Waals surface area contributed by atoms with Crippen molar-refractivity contribution in [3.05, 3.63) is 23.9 Å². The molecule has 2 N–H and O–H groups in total. The van der Waals surface area contributed by atoms with Gasteiger partial charge in [0.2, 0.25) is 5.88 Å². The van der Waals surface area contributed by atoms with Gasteiger partial charge >= 0.3 is 0 Å². The molecule has 0 aliphatic heterocycles. The SMILES string of the molecule is CCNC(=NCc1cccc(OC)n1)NCCOCC. The van der Waals surface area contributed by atoms with E-state index in [1.807, 2.05) is 32.0 Å². The van der Waals surface area contributed by atoms with Gasteiger partial charge in [0.1, 0.15) is 0 Å². The molecule has 1 aromatic heterocycles. The van der Waals surface area contributed by atoms with Crippen molar-refractivity contribution in [1.82, 2.24) is 15.6 Å². The Bertz CT molecular complexity index is 410.